The van der Waals surface area contributed by atoms with Crippen molar-refractivity contribution in [2.24, 2.45) is 0 Å². The molecule has 0 unspecified atom stereocenters. The third-order valence-corrected chi connectivity index (χ3v) is 2.76. The van der Waals surface area contributed by atoms with Gasteiger partial charge in [-0.1, -0.05) is 11.6 Å². The van der Waals surface area contributed by atoms with Crippen molar-refractivity contribution in [1.82, 2.24) is 14.6 Å². The molecular formula is C7H6ClN3S. The van der Waals surface area contributed by atoms with Crippen LogP contribution in [0, 0.1) is 6.92 Å². The van der Waals surface area contributed by atoms with Gasteiger partial charge in [-0.3, -0.25) is 5.10 Å². The fourth-order valence-electron chi connectivity index (χ4n) is 0.917. The Morgan fingerprint density at radius 1 is 1.58 bits per heavy atom. The number of hydrogen-bond donors (Lipinski definition) is 1. The molecule has 0 aliphatic heterocycles. The maximum Gasteiger partial charge on any atom is 0.123 e. The van der Waals surface area contributed by atoms with Crippen molar-refractivity contribution in [1.29, 1.82) is 0 Å². The normalized spacial score (nSPS) is 10.5. The Morgan fingerprint density at radius 2 is 2.42 bits per heavy atom. The van der Waals surface area contributed by atoms with Gasteiger partial charge in [-0.25, -0.2) is 4.37 Å². The van der Waals surface area contributed by atoms with Gasteiger partial charge in [-0.2, -0.15) is 5.10 Å². The quantitative estimate of drug-likeness (QED) is 0.767. The summed E-state index contributed by atoms with van der Waals surface area (Å²) in [5.74, 6) is 0. The molecule has 12 heavy (non-hydrogen) atoms. The first-order valence-corrected chi connectivity index (χ1v) is 4.55. The first kappa shape index (κ1) is 7.76. The average Bonchev–Trinajstić information content (AvgIpc) is 2.64. The molecule has 2 rings (SSSR count). The van der Waals surface area contributed by atoms with Crippen molar-refractivity contribution < 1.29 is 0 Å². The van der Waals surface area contributed by atoms with Crippen LogP contribution in [0.25, 0.3) is 10.6 Å². The molecule has 0 spiro atoms. The topological polar surface area (TPSA) is 41.6 Å². The smallest absolute Gasteiger partial charge is 0.123 e. The number of hydrogen-bond acceptors (Lipinski definition) is 3. The van der Waals surface area contributed by atoms with E-state index in [1.165, 1.54) is 11.5 Å². The highest BCUT2D eigenvalue weighted by Crippen LogP contribution is 2.29. The maximum absolute atomic E-state index is 5.99. The van der Waals surface area contributed by atoms with E-state index in [4.69, 9.17) is 11.6 Å². The van der Waals surface area contributed by atoms with E-state index >= 15 is 0 Å². The molecule has 0 radical (unpaired) electrons. The van der Waals surface area contributed by atoms with E-state index in [-0.39, 0.29) is 0 Å². The second kappa shape index (κ2) is 2.88. The van der Waals surface area contributed by atoms with Gasteiger partial charge >= 0.3 is 0 Å². The number of aromatic nitrogens is 3. The fourth-order valence-corrected chi connectivity index (χ4v) is 1.75. The van der Waals surface area contributed by atoms with E-state index < -0.39 is 0 Å². The zero-order valence-electron chi connectivity index (χ0n) is 6.34. The largest absolute Gasteiger partial charge is 0.281 e. The molecular weight excluding hydrogens is 194 g/mol. The number of H-pyrrole nitrogens is 1. The van der Waals surface area contributed by atoms with E-state index in [0.717, 1.165) is 16.3 Å². The van der Waals surface area contributed by atoms with Crippen LogP contribution in [-0.2, 0) is 0 Å². The number of aryl methyl sites for hydroxylation is 1. The van der Waals surface area contributed by atoms with Crippen LogP contribution in [0.4, 0.5) is 0 Å². The van der Waals surface area contributed by atoms with Gasteiger partial charge in [0.05, 0.1) is 15.6 Å². The minimum Gasteiger partial charge on any atom is -0.281 e. The Morgan fingerprint density at radius 3 is 2.92 bits per heavy atom. The van der Waals surface area contributed by atoms with E-state index in [9.17, 15) is 0 Å². The zero-order valence-corrected chi connectivity index (χ0v) is 7.91. The molecule has 0 aliphatic carbocycles. The molecule has 3 nitrogen and oxygen atoms in total. The van der Waals surface area contributed by atoms with Gasteiger partial charge in [0, 0.05) is 6.20 Å². The number of nitrogens with one attached hydrogen (secondary N) is 1. The molecule has 0 saturated heterocycles. The maximum atomic E-state index is 5.99. The zero-order chi connectivity index (χ0) is 8.55. The monoisotopic (exact) mass is 199 g/mol. The van der Waals surface area contributed by atoms with Crippen molar-refractivity contribution in [3.63, 3.8) is 0 Å². The van der Waals surface area contributed by atoms with Crippen LogP contribution in [-0.4, -0.2) is 14.6 Å². The van der Waals surface area contributed by atoms with Gasteiger partial charge in [0.25, 0.3) is 0 Å². The van der Waals surface area contributed by atoms with Crippen LogP contribution < -0.4 is 0 Å². The Balaban J connectivity index is 2.55. The van der Waals surface area contributed by atoms with E-state index in [2.05, 4.69) is 14.6 Å². The summed E-state index contributed by atoms with van der Waals surface area (Å²) in [6.45, 7) is 1.89. The molecule has 5 heteroatoms. The molecule has 2 aromatic rings. The summed E-state index contributed by atoms with van der Waals surface area (Å²) in [4.78, 5) is 0.990. The summed E-state index contributed by atoms with van der Waals surface area (Å²) >= 11 is 7.37. The third kappa shape index (κ3) is 1.13. The van der Waals surface area contributed by atoms with Gasteiger partial charge in [-0.15, -0.1) is 0 Å². The lowest BCUT2D eigenvalue weighted by molar-refractivity contribution is 1.05. The minimum atomic E-state index is 0.680. The van der Waals surface area contributed by atoms with Crippen molar-refractivity contribution in [2.75, 3.05) is 0 Å². The molecule has 2 aromatic heterocycles. The first-order valence-electron chi connectivity index (χ1n) is 3.40. The summed E-state index contributed by atoms with van der Waals surface area (Å²) in [7, 11) is 0. The molecule has 0 fully saturated rings. The van der Waals surface area contributed by atoms with Crippen molar-refractivity contribution >= 4 is 23.1 Å². The van der Waals surface area contributed by atoms with E-state index in [1.807, 2.05) is 13.0 Å². The molecule has 0 saturated carbocycles. The van der Waals surface area contributed by atoms with Crippen LogP contribution in [0.3, 0.4) is 0 Å². The molecule has 1 N–H and O–H groups in total. The van der Waals surface area contributed by atoms with Crippen molar-refractivity contribution in [3.05, 3.63) is 23.0 Å². The van der Waals surface area contributed by atoms with E-state index in [1.54, 1.807) is 6.20 Å². The Labute approximate surface area is 78.6 Å². The third-order valence-electron chi connectivity index (χ3n) is 1.54. The summed E-state index contributed by atoms with van der Waals surface area (Å²) in [6.07, 6.45) is 1.74. The molecule has 0 aliphatic rings. The summed E-state index contributed by atoms with van der Waals surface area (Å²) in [5.41, 5.74) is 1.68. The minimum absolute atomic E-state index is 0.680. The van der Waals surface area contributed by atoms with Crippen molar-refractivity contribution in [3.8, 4) is 10.6 Å². The molecule has 0 aromatic carbocycles. The molecule has 62 valence electrons. The highest BCUT2D eigenvalue weighted by Gasteiger charge is 2.10. The summed E-state index contributed by atoms with van der Waals surface area (Å²) < 4.78 is 3.98. The second-order valence-electron chi connectivity index (χ2n) is 2.39. The van der Waals surface area contributed by atoms with Crippen LogP contribution in [0.5, 0.6) is 0 Å². The Bertz CT molecular complexity index is 379. The summed E-state index contributed by atoms with van der Waals surface area (Å²) in [5, 5.41) is 7.57. The van der Waals surface area contributed by atoms with Gasteiger partial charge in [0.15, 0.2) is 0 Å². The number of nitrogens with zero attached hydrogens (tertiary/aromatic N) is 2. The predicted molar refractivity (Wildman–Crippen MR) is 49.4 cm³/mol. The molecule has 0 bridgehead atoms. The molecule has 2 heterocycles. The predicted octanol–water partition coefficient (Wildman–Crippen LogP) is 2.50. The lowest BCUT2D eigenvalue weighted by Gasteiger charge is -1.88. The number of rotatable bonds is 1. The number of aromatic amines is 1. The van der Waals surface area contributed by atoms with Gasteiger partial charge < -0.3 is 0 Å². The van der Waals surface area contributed by atoms with Crippen LogP contribution >= 0.6 is 23.1 Å². The highest BCUT2D eigenvalue weighted by molar-refractivity contribution is 7.09. The molecule has 0 amide bonds. The SMILES string of the molecule is Cc1[nH]nc(-c2ccns2)c1Cl. The Hall–Kier alpha value is -0.870. The lowest BCUT2D eigenvalue weighted by Crippen LogP contribution is -1.71. The Kier molecular flexibility index (Phi) is 1.86. The lowest BCUT2D eigenvalue weighted by atomic mass is 10.3. The highest BCUT2D eigenvalue weighted by atomic mass is 35.5. The van der Waals surface area contributed by atoms with Crippen molar-refractivity contribution in [2.45, 2.75) is 6.92 Å². The number of halogens is 1. The van der Waals surface area contributed by atoms with Gasteiger partial charge in [0.2, 0.25) is 0 Å². The van der Waals surface area contributed by atoms with Crippen LogP contribution in [0.15, 0.2) is 12.3 Å². The van der Waals surface area contributed by atoms with Gasteiger partial charge in [0.1, 0.15) is 5.69 Å². The standard InChI is InChI=1S/C7H6ClN3S/c1-4-6(8)7(11-10-4)5-2-3-9-12-5/h2-3H,1H3,(H,10,11). The average molecular weight is 200 g/mol. The summed E-state index contributed by atoms with van der Waals surface area (Å²) in [6, 6.07) is 1.90. The fraction of sp³-hybridized carbons (Fsp3) is 0.143. The van der Waals surface area contributed by atoms with E-state index in [0.29, 0.717) is 5.02 Å². The first-order chi connectivity index (χ1) is 5.79. The van der Waals surface area contributed by atoms with Crippen LogP contribution in [0.1, 0.15) is 5.69 Å². The second-order valence-corrected chi connectivity index (χ2v) is 3.60. The van der Waals surface area contributed by atoms with Crippen LogP contribution in [0.2, 0.25) is 5.02 Å². The molecule has 0 atom stereocenters. The van der Waals surface area contributed by atoms with Gasteiger partial charge in [-0.05, 0) is 24.5 Å².